The van der Waals surface area contributed by atoms with Crippen LogP contribution in [0.15, 0.2) is 30.9 Å². The molecule has 1 saturated heterocycles. The number of nitrogen functional groups attached to an aromatic ring is 1. The monoisotopic (exact) mass is 504 g/mol. The van der Waals surface area contributed by atoms with Gasteiger partial charge in [0.2, 0.25) is 0 Å². The number of aromatic amines is 1. The molecule has 1 saturated carbocycles. The first-order valence-corrected chi connectivity index (χ1v) is 13.5. The van der Waals surface area contributed by atoms with Crippen molar-refractivity contribution in [1.29, 1.82) is 0 Å². The van der Waals surface area contributed by atoms with Gasteiger partial charge in [0.25, 0.3) is 0 Å². The molecule has 0 radical (unpaired) electrons. The molecule has 1 aliphatic carbocycles. The Morgan fingerprint density at radius 2 is 1.95 bits per heavy atom. The molecule has 0 spiro atoms. The second-order valence-corrected chi connectivity index (χ2v) is 11.4. The van der Waals surface area contributed by atoms with Gasteiger partial charge in [-0.1, -0.05) is 40.2 Å². The number of hydrogen-bond donors (Lipinski definition) is 2. The lowest BCUT2D eigenvalue weighted by Gasteiger charge is -2.36. The van der Waals surface area contributed by atoms with Gasteiger partial charge < -0.3 is 20.4 Å². The van der Waals surface area contributed by atoms with Crippen LogP contribution in [0.2, 0.25) is 0 Å². The summed E-state index contributed by atoms with van der Waals surface area (Å²) in [6, 6.07) is 7.24. The Hall–Kier alpha value is -3.04. The molecule has 3 aromatic heterocycles. The van der Waals surface area contributed by atoms with Crippen LogP contribution >= 0.6 is 0 Å². The minimum Gasteiger partial charge on any atom is -0.382 e. The number of nitrogens with zero attached hydrogens (tertiary/aromatic N) is 6. The smallest absolute Gasteiger partial charge is 0.167 e. The van der Waals surface area contributed by atoms with Crippen molar-refractivity contribution in [1.82, 2.24) is 34.4 Å². The topological polar surface area (TPSA) is 111 Å². The third-order valence-electron chi connectivity index (χ3n) is 7.70. The van der Waals surface area contributed by atoms with Crippen LogP contribution in [0, 0.1) is 0 Å². The second-order valence-electron chi connectivity index (χ2n) is 11.4. The number of imidazole rings is 2. The second kappa shape index (κ2) is 10.4. The van der Waals surface area contributed by atoms with Crippen LogP contribution in [-0.2, 0) is 16.6 Å². The predicted molar refractivity (Wildman–Crippen MR) is 147 cm³/mol. The van der Waals surface area contributed by atoms with Crippen LogP contribution in [0.5, 0.6) is 0 Å². The van der Waals surface area contributed by atoms with Gasteiger partial charge in [0, 0.05) is 19.0 Å². The zero-order valence-corrected chi connectivity index (χ0v) is 22.7. The van der Waals surface area contributed by atoms with Gasteiger partial charge in [-0.25, -0.2) is 19.9 Å². The number of ether oxygens (including phenoxy) is 1. The Bertz CT molecular complexity index is 1350. The molecule has 4 heterocycles. The number of hydrogen-bond acceptors (Lipinski definition) is 7. The number of benzene rings is 1. The quantitative estimate of drug-likeness (QED) is 0.394. The zero-order valence-electron chi connectivity index (χ0n) is 22.7. The van der Waals surface area contributed by atoms with Crippen molar-refractivity contribution in [3.8, 4) is 0 Å². The van der Waals surface area contributed by atoms with E-state index in [-0.39, 0.29) is 17.7 Å². The van der Waals surface area contributed by atoms with Crippen LogP contribution in [0.1, 0.15) is 77.4 Å². The Balaban J connectivity index is 0.000000164. The molecule has 9 heteroatoms. The van der Waals surface area contributed by atoms with Gasteiger partial charge in [-0.3, -0.25) is 4.57 Å². The summed E-state index contributed by atoms with van der Waals surface area (Å²) < 4.78 is 8.21. The molecule has 2 unspecified atom stereocenters. The molecule has 4 aromatic rings. The third kappa shape index (κ3) is 5.48. The van der Waals surface area contributed by atoms with E-state index < -0.39 is 0 Å². The van der Waals surface area contributed by atoms with E-state index in [1.54, 1.807) is 6.33 Å². The predicted octanol–water partition coefficient (Wildman–Crippen LogP) is 4.99. The highest BCUT2D eigenvalue weighted by Gasteiger charge is 2.31. The van der Waals surface area contributed by atoms with Crippen LogP contribution in [-0.4, -0.2) is 60.1 Å². The molecule has 198 valence electrons. The zero-order chi connectivity index (χ0) is 26.2. The van der Waals surface area contributed by atoms with Gasteiger partial charge >= 0.3 is 0 Å². The van der Waals surface area contributed by atoms with Gasteiger partial charge in [0.1, 0.15) is 23.9 Å². The summed E-state index contributed by atoms with van der Waals surface area (Å²) in [4.78, 5) is 22.9. The molecule has 2 atom stereocenters. The Morgan fingerprint density at radius 1 is 1.14 bits per heavy atom. The highest BCUT2D eigenvalue weighted by atomic mass is 16.5. The first-order valence-electron chi connectivity index (χ1n) is 13.5. The van der Waals surface area contributed by atoms with Crippen molar-refractivity contribution in [3.05, 3.63) is 42.2 Å². The number of aromatic nitrogens is 6. The molecule has 2 aliphatic rings. The van der Waals surface area contributed by atoms with Crippen molar-refractivity contribution in [2.45, 2.75) is 90.0 Å². The number of nitrogens with one attached hydrogen (secondary N) is 1. The number of aryl methyl sites for hydroxylation is 1. The number of nitrogens with two attached hydrogens (primary N) is 1. The fourth-order valence-electron chi connectivity index (χ4n) is 5.10. The van der Waals surface area contributed by atoms with Crippen LogP contribution in [0.25, 0.3) is 22.2 Å². The molecule has 0 amide bonds. The molecular weight excluding hydrogens is 464 g/mol. The molecule has 1 aromatic carbocycles. The van der Waals surface area contributed by atoms with E-state index in [4.69, 9.17) is 10.5 Å². The Kier molecular flexibility index (Phi) is 7.18. The molecule has 2 fully saturated rings. The molecule has 0 bridgehead atoms. The lowest BCUT2D eigenvalue weighted by atomic mass is 9.87. The first kappa shape index (κ1) is 25.6. The fraction of sp³-hybridized carbons (Fsp3) is 0.571. The minimum atomic E-state index is -0.000842. The number of rotatable bonds is 5. The van der Waals surface area contributed by atoms with Gasteiger partial charge in [-0.2, -0.15) is 0 Å². The maximum absolute atomic E-state index is 6.22. The van der Waals surface area contributed by atoms with E-state index in [1.165, 1.54) is 31.2 Å². The number of H-pyrrole nitrogens is 1. The lowest BCUT2D eigenvalue weighted by molar-refractivity contribution is -0.0184. The number of likely N-dealkylation sites (N-methyl/N-ethyl adjacent to an activating group) is 1. The fourth-order valence-corrected chi connectivity index (χ4v) is 5.10. The molecule has 1 aliphatic heterocycles. The number of anilines is 1. The molecule has 3 N–H and O–H groups in total. The summed E-state index contributed by atoms with van der Waals surface area (Å²) in [7, 11) is 2.21. The summed E-state index contributed by atoms with van der Waals surface area (Å²) in [6.45, 7) is 9.80. The van der Waals surface area contributed by atoms with Gasteiger partial charge in [-0.05, 0) is 55.8 Å². The molecule has 37 heavy (non-hydrogen) atoms. The van der Waals surface area contributed by atoms with Crippen LogP contribution in [0.4, 0.5) is 5.82 Å². The minimum absolute atomic E-state index is 0.000842. The maximum Gasteiger partial charge on any atom is 0.167 e. The van der Waals surface area contributed by atoms with E-state index in [2.05, 4.69) is 82.8 Å². The van der Waals surface area contributed by atoms with Gasteiger partial charge in [0.05, 0.1) is 23.5 Å². The van der Waals surface area contributed by atoms with E-state index in [1.807, 2.05) is 4.57 Å². The SMILES string of the molecule is CCc1nc2ccc(C(C)(C)C)cc2[nH]1.CN(CC1CCC(n2cnc3c(N)ncnc32)O1)C1CCC1. The van der Waals surface area contributed by atoms with Crippen molar-refractivity contribution in [3.63, 3.8) is 0 Å². The number of fused-ring (bicyclic) bond motifs is 2. The van der Waals surface area contributed by atoms with Gasteiger partial charge in [-0.15, -0.1) is 0 Å². The van der Waals surface area contributed by atoms with E-state index in [0.717, 1.165) is 54.4 Å². The average molecular weight is 505 g/mol. The average Bonchev–Trinajstić information content (AvgIpc) is 3.55. The molecule has 9 nitrogen and oxygen atoms in total. The summed E-state index contributed by atoms with van der Waals surface area (Å²) >= 11 is 0. The first-order chi connectivity index (χ1) is 17.7. The normalized spacial score (nSPS) is 20.4. The van der Waals surface area contributed by atoms with Crippen molar-refractivity contribution < 1.29 is 4.74 Å². The molecule has 6 rings (SSSR count). The summed E-state index contributed by atoms with van der Waals surface area (Å²) in [5.74, 6) is 1.49. The Morgan fingerprint density at radius 3 is 2.65 bits per heavy atom. The van der Waals surface area contributed by atoms with Crippen molar-refractivity contribution >= 4 is 28.0 Å². The highest BCUT2D eigenvalue weighted by Crippen LogP contribution is 2.32. The highest BCUT2D eigenvalue weighted by molar-refractivity contribution is 5.81. The summed E-state index contributed by atoms with van der Waals surface area (Å²) in [6.07, 6.45) is 10.6. The van der Waals surface area contributed by atoms with Crippen molar-refractivity contribution in [2.24, 2.45) is 0 Å². The van der Waals surface area contributed by atoms with Gasteiger partial charge in [0.15, 0.2) is 11.5 Å². The standard InChI is InChI=1S/C15H22N6O.C13H18N2/c1-20(10-3-2-4-10)7-11-5-6-12(22-11)21-9-19-13-14(16)17-8-18-15(13)21;1-5-12-14-10-7-6-9(13(2,3)4)8-11(10)15-12/h8-12H,2-7H2,1H3,(H2,16,17,18);6-8H,5H2,1-4H3,(H,14,15). The van der Waals surface area contributed by atoms with Crippen molar-refractivity contribution in [2.75, 3.05) is 19.3 Å². The summed E-state index contributed by atoms with van der Waals surface area (Å²) in [5.41, 5.74) is 11.0. The van der Waals surface area contributed by atoms with E-state index in [9.17, 15) is 0 Å². The van der Waals surface area contributed by atoms with E-state index in [0.29, 0.717) is 11.3 Å². The third-order valence-corrected chi connectivity index (χ3v) is 7.70. The largest absolute Gasteiger partial charge is 0.382 e. The Labute approximate surface area is 218 Å². The van der Waals surface area contributed by atoms with Crippen LogP contribution in [0.3, 0.4) is 0 Å². The summed E-state index contributed by atoms with van der Waals surface area (Å²) in [5, 5.41) is 0. The maximum atomic E-state index is 6.22. The lowest BCUT2D eigenvalue weighted by Crippen LogP contribution is -2.41. The van der Waals surface area contributed by atoms with Crippen LogP contribution < -0.4 is 5.73 Å². The molecular formula is C28H40N8O. The van der Waals surface area contributed by atoms with E-state index >= 15 is 0 Å².